The molecule has 1 aliphatic heterocycles. The summed E-state index contributed by atoms with van der Waals surface area (Å²) in [6.07, 6.45) is 4.06. The van der Waals surface area contributed by atoms with Gasteiger partial charge in [-0.2, -0.15) is 5.10 Å². The first-order valence-electron chi connectivity index (χ1n) is 8.52. The summed E-state index contributed by atoms with van der Waals surface area (Å²) in [7, 11) is -3.76. The van der Waals surface area contributed by atoms with Gasteiger partial charge in [0.25, 0.3) is 5.91 Å². The Kier molecular flexibility index (Phi) is 5.88. The molecule has 2 aromatic rings. The van der Waals surface area contributed by atoms with E-state index in [1.807, 2.05) is 0 Å². The van der Waals surface area contributed by atoms with E-state index in [0.29, 0.717) is 38.2 Å². The van der Waals surface area contributed by atoms with E-state index < -0.39 is 27.0 Å². The number of carbonyl (C=O) groups is 1. The highest BCUT2D eigenvalue weighted by Gasteiger charge is 2.28. The number of rotatable bonds is 6. The number of amides is 1. The third-order valence-electron chi connectivity index (χ3n) is 4.38. The van der Waals surface area contributed by atoms with Gasteiger partial charge in [-0.15, -0.1) is 4.83 Å². The lowest BCUT2D eigenvalue weighted by Gasteiger charge is -2.22. The molecule has 10 heteroatoms. The number of sulfonamides is 1. The van der Waals surface area contributed by atoms with Gasteiger partial charge >= 0.3 is 0 Å². The number of benzene rings is 1. The van der Waals surface area contributed by atoms with Crippen molar-refractivity contribution in [1.82, 2.24) is 20.0 Å². The molecule has 0 aliphatic carbocycles. The molecule has 3 rings (SSSR count). The zero-order valence-electron chi connectivity index (χ0n) is 14.8. The Morgan fingerprint density at radius 2 is 2.11 bits per heavy atom. The molecule has 8 nitrogen and oxygen atoms in total. The van der Waals surface area contributed by atoms with Crippen molar-refractivity contribution in [2.75, 3.05) is 13.2 Å². The van der Waals surface area contributed by atoms with Gasteiger partial charge in [0.15, 0.2) is 0 Å². The molecule has 1 saturated heterocycles. The molecular weight excluding hydrogens is 375 g/mol. The number of halogens is 1. The predicted octanol–water partition coefficient (Wildman–Crippen LogP) is 1.12. The molecule has 146 valence electrons. The summed E-state index contributed by atoms with van der Waals surface area (Å²) < 4.78 is 45.7. The summed E-state index contributed by atoms with van der Waals surface area (Å²) >= 11 is 0. The number of hydrogen-bond donors (Lipinski definition) is 2. The number of hydrogen-bond acceptors (Lipinski definition) is 5. The van der Waals surface area contributed by atoms with Gasteiger partial charge in [0.05, 0.1) is 17.4 Å². The second-order valence-corrected chi connectivity index (χ2v) is 8.35. The van der Waals surface area contributed by atoms with Crippen LogP contribution in [0.4, 0.5) is 4.39 Å². The standard InChI is InChI=1S/C17H21FN4O4S/c1-12-9-13(11-22-6-2-5-19-22)10-15(16(12)18)17(23)20-21-27(24,25)14-3-7-26-8-4-14/h2,5-6,9-10,14,21H,3-4,7-8,11H2,1H3,(H,20,23). The Balaban J connectivity index is 1.72. The first-order chi connectivity index (χ1) is 12.9. The molecule has 1 fully saturated rings. The van der Waals surface area contributed by atoms with E-state index in [4.69, 9.17) is 4.74 Å². The molecule has 2 heterocycles. The minimum atomic E-state index is -3.76. The summed E-state index contributed by atoms with van der Waals surface area (Å²) in [6, 6.07) is 4.77. The predicted molar refractivity (Wildman–Crippen MR) is 95.8 cm³/mol. The van der Waals surface area contributed by atoms with Gasteiger partial charge in [0.2, 0.25) is 10.0 Å². The fourth-order valence-electron chi connectivity index (χ4n) is 2.94. The zero-order chi connectivity index (χ0) is 19.4. The number of nitrogens with one attached hydrogen (secondary N) is 2. The Labute approximate surface area is 156 Å². The van der Waals surface area contributed by atoms with Crippen LogP contribution in [0.3, 0.4) is 0 Å². The third-order valence-corrected chi connectivity index (χ3v) is 6.11. The number of hydrazine groups is 1. The zero-order valence-corrected chi connectivity index (χ0v) is 15.6. The van der Waals surface area contributed by atoms with Gasteiger partial charge < -0.3 is 4.74 Å². The molecule has 1 aromatic heterocycles. The van der Waals surface area contributed by atoms with Crippen LogP contribution in [0, 0.1) is 12.7 Å². The number of carbonyl (C=O) groups excluding carboxylic acids is 1. The van der Waals surface area contributed by atoms with E-state index in [-0.39, 0.29) is 11.1 Å². The van der Waals surface area contributed by atoms with Crippen molar-refractivity contribution in [2.24, 2.45) is 0 Å². The second kappa shape index (κ2) is 8.15. The molecule has 1 aromatic carbocycles. The highest BCUT2D eigenvalue weighted by molar-refractivity contribution is 7.90. The van der Waals surface area contributed by atoms with E-state index in [1.165, 1.54) is 6.07 Å². The molecule has 0 bridgehead atoms. The van der Waals surface area contributed by atoms with Crippen LogP contribution >= 0.6 is 0 Å². The average Bonchev–Trinajstić information content (AvgIpc) is 3.16. The fourth-order valence-corrected chi connectivity index (χ4v) is 4.15. The highest BCUT2D eigenvalue weighted by atomic mass is 32.2. The molecule has 1 amide bonds. The van der Waals surface area contributed by atoms with Crippen LogP contribution in [0.2, 0.25) is 0 Å². The molecule has 0 saturated carbocycles. The van der Waals surface area contributed by atoms with Crippen LogP contribution in [0.1, 0.15) is 34.3 Å². The lowest BCUT2D eigenvalue weighted by atomic mass is 10.0. The maximum Gasteiger partial charge on any atom is 0.269 e. The minimum absolute atomic E-state index is 0.230. The van der Waals surface area contributed by atoms with Crippen LogP contribution in [0.25, 0.3) is 0 Å². The van der Waals surface area contributed by atoms with E-state index in [2.05, 4.69) is 15.4 Å². The smallest absolute Gasteiger partial charge is 0.269 e. The Hall–Kier alpha value is -2.30. The van der Waals surface area contributed by atoms with Crippen molar-refractivity contribution in [3.63, 3.8) is 0 Å². The monoisotopic (exact) mass is 396 g/mol. The third kappa shape index (κ3) is 4.71. The van der Waals surface area contributed by atoms with Crippen LogP contribution in [-0.4, -0.2) is 42.6 Å². The minimum Gasteiger partial charge on any atom is -0.381 e. The second-order valence-electron chi connectivity index (χ2n) is 6.39. The number of ether oxygens (including phenoxy) is 1. The topological polar surface area (TPSA) is 102 Å². The number of aromatic nitrogens is 2. The quantitative estimate of drug-likeness (QED) is 0.713. The molecule has 0 atom stereocenters. The van der Waals surface area contributed by atoms with Crippen molar-refractivity contribution < 1.29 is 22.3 Å². The molecular formula is C17H21FN4O4S. The molecule has 0 radical (unpaired) electrons. The van der Waals surface area contributed by atoms with Crippen molar-refractivity contribution in [3.05, 3.63) is 53.1 Å². The van der Waals surface area contributed by atoms with E-state index in [1.54, 1.807) is 36.1 Å². The van der Waals surface area contributed by atoms with Gasteiger partial charge in [-0.1, -0.05) is 6.07 Å². The van der Waals surface area contributed by atoms with Crippen molar-refractivity contribution in [2.45, 2.75) is 31.6 Å². The van der Waals surface area contributed by atoms with Crippen molar-refractivity contribution >= 4 is 15.9 Å². The molecule has 27 heavy (non-hydrogen) atoms. The number of nitrogens with zero attached hydrogens (tertiary/aromatic N) is 2. The fraction of sp³-hybridized carbons (Fsp3) is 0.412. The first-order valence-corrected chi connectivity index (χ1v) is 10.1. The maximum absolute atomic E-state index is 14.4. The maximum atomic E-state index is 14.4. The normalized spacial score (nSPS) is 15.6. The lowest BCUT2D eigenvalue weighted by molar-refractivity contribution is 0.0934. The van der Waals surface area contributed by atoms with Gasteiger partial charge in [0, 0.05) is 25.6 Å². The summed E-state index contributed by atoms with van der Waals surface area (Å²) in [5.41, 5.74) is 2.85. The van der Waals surface area contributed by atoms with Gasteiger partial charge in [-0.25, -0.2) is 12.8 Å². The molecule has 2 N–H and O–H groups in total. The Bertz CT molecular complexity index is 909. The van der Waals surface area contributed by atoms with Crippen LogP contribution in [-0.2, 0) is 21.3 Å². The molecule has 0 spiro atoms. The largest absolute Gasteiger partial charge is 0.381 e. The lowest BCUT2D eigenvalue weighted by Crippen LogP contribution is -2.47. The van der Waals surface area contributed by atoms with Crippen LogP contribution in [0.5, 0.6) is 0 Å². The Morgan fingerprint density at radius 3 is 2.78 bits per heavy atom. The SMILES string of the molecule is Cc1cc(Cn2cccn2)cc(C(=O)NNS(=O)(=O)C2CCOCC2)c1F. The van der Waals surface area contributed by atoms with Gasteiger partial charge in [-0.05, 0) is 43.0 Å². The van der Waals surface area contributed by atoms with E-state index in [0.717, 1.165) is 0 Å². The summed E-state index contributed by atoms with van der Waals surface area (Å²) in [4.78, 5) is 14.4. The number of aryl methyl sites for hydroxylation is 1. The van der Waals surface area contributed by atoms with Crippen LogP contribution in [0.15, 0.2) is 30.6 Å². The molecule has 1 aliphatic rings. The average molecular weight is 396 g/mol. The summed E-state index contributed by atoms with van der Waals surface area (Å²) in [6.45, 7) is 2.61. The highest BCUT2D eigenvalue weighted by Crippen LogP contribution is 2.17. The van der Waals surface area contributed by atoms with E-state index >= 15 is 0 Å². The Morgan fingerprint density at radius 1 is 1.37 bits per heavy atom. The summed E-state index contributed by atoms with van der Waals surface area (Å²) in [5.74, 6) is -1.55. The van der Waals surface area contributed by atoms with Crippen molar-refractivity contribution in [3.8, 4) is 0 Å². The van der Waals surface area contributed by atoms with Crippen molar-refractivity contribution in [1.29, 1.82) is 0 Å². The first kappa shape index (κ1) is 19.5. The van der Waals surface area contributed by atoms with Crippen LogP contribution < -0.4 is 10.3 Å². The van der Waals surface area contributed by atoms with Gasteiger partial charge in [0.1, 0.15) is 5.82 Å². The van der Waals surface area contributed by atoms with Gasteiger partial charge in [-0.3, -0.25) is 14.9 Å². The van der Waals surface area contributed by atoms with E-state index in [9.17, 15) is 17.6 Å². The summed E-state index contributed by atoms with van der Waals surface area (Å²) in [5, 5.41) is 3.43. The molecule has 0 unspecified atom stereocenters.